The molecule has 4 heteroatoms. The average Bonchev–Trinajstić information content (AvgIpc) is 2.45. The highest BCUT2D eigenvalue weighted by atomic mass is 79.9. The van der Waals surface area contributed by atoms with Crippen molar-refractivity contribution in [1.29, 1.82) is 0 Å². The molecule has 1 heterocycles. The van der Waals surface area contributed by atoms with Gasteiger partial charge < -0.3 is 9.84 Å². The molecule has 0 radical (unpaired) electrons. The first kappa shape index (κ1) is 15.0. The molecule has 0 aliphatic carbocycles. The lowest BCUT2D eigenvalue weighted by Crippen LogP contribution is -2.42. The van der Waals surface area contributed by atoms with Crippen LogP contribution in [0, 0.1) is 0 Å². The normalized spacial score (nSPS) is 22.4. The maximum Gasteiger partial charge on any atom is 0.0802 e. The maximum absolute atomic E-state index is 10.2. The Morgan fingerprint density at radius 2 is 2.37 bits per heavy atom. The third-order valence-corrected chi connectivity index (χ3v) is 4.12. The molecule has 1 saturated heterocycles. The molecule has 1 N–H and O–H groups in total. The van der Waals surface area contributed by atoms with Crippen LogP contribution in [-0.2, 0) is 4.74 Å². The molecule has 3 nitrogen and oxygen atoms in total. The van der Waals surface area contributed by atoms with Gasteiger partial charge in [0.15, 0.2) is 0 Å². The van der Waals surface area contributed by atoms with Crippen molar-refractivity contribution in [3.05, 3.63) is 34.3 Å². The summed E-state index contributed by atoms with van der Waals surface area (Å²) in [6, 6.07) is 7.90. The number of halogens is 1. The standard InChI is InChI=1S/C15H22BrNO2/c1-2-14-11-17(8-9-19-14)7-6-15(18)12-4-3-5-13(16)10-12/h3-5,10,14-15,18H,2,6-9,11H2,1H3. The molecule has 2 atom stereocenters. The number of hydrogen-bond donors (Lipinski definition) is 1. The summed E-state index contributed by atoms with van der Waals surface area (Å²) in [7, 11) is 0. The summed E-state index contributed by atoms with van der Waals surface area (Å²) in [6.07, 6.45) is 1.80. The highest BCUT2D eigenvalue weighted by molar-refractivity contribution is 9.10. The zero-order valence-corrected chi connectivity index (χ0v) is 13.0. The summed E-state index contributed by atoms with van der Waals surface area (Å²) in [5, 5.41) is 10.2. The van der Waals surface area contributed by atoms with Crippen LogP contribution in [-0.4, -0.2) is 42.4 Å². The molecule has 1 fully saturated rings. The third-order valence-electron chi connectivity index (χ3n) is 3.63. The highest BCUT2D eigenvalue weighted by Crippen LogP contribution is 2.21. The van der Waals surface area contributed by atoms with Crippen LogP contribution in [0.2, 0.25) is 0 Å². The van der Waals surface area contributed by atoms with Gasteiger partial charge >= 0.3 is 0 Å². The smallest absolute Gasteiger partial charge is 0.0802 e. The summed E-state index contributed by atoms with van der Waals surface area (Å²) in [5.74, 6) is 0. The van der Waals surface area contributed by atoms with Gasteiger partial charge in [0.1, 0.15) is 0 Å². The zero-order valence-electron chi connectivity index (χ0n) is 11.4. The molecule has 0 saturated carbocycles. The van der Waals surface area contributed by atoms with E-state index < -0.39 is 0 Å². The first-order chi connectivity index (χ1) is 9.19. The Kier molecular flexibility index (Phi) is 5.82. The molecule has 1 aromatic carbocycles. The van der Waals surface area contributed by atoms with E-state index >= 15 is 0 Å². The Labute approximate surface area is 123 Å². The largest absolute Gasteiger partial charge is 0.388 e. The molecular formula is C15H22BrNO2. The number of morpholine rings is 1. The van der Waals surface area contributed by atoms with Crippen molar-refractivity contribution in [2.45, 2.75) is 32.0 Å². The van der Waals surface area contributed by atoms with E-state index in [2.05, 4.69) is 27.8 Å². The highest BCUT2D eigenvalue weighted by Gasteiger charge is 2.19. The number of ether oxygens (including phenoxy) is 1. The number of hydrogen-bond acceptors (Lipinski definition) is 3. The van der Waals surface area contributed by atoms with E-state index in [-0.39, 0.29) is 6.10 Å². The fourth-order valence-electron chi connectivity index (χ4n) is 2.42. The minimum absolute atomic E-state index is 0.358. The molecule has 106 valence electrons. The topological polar surface area (TPSA) is 32.7 Å². The zero-order chi connectivity index (χ0) is 13.7. The van der Waals surface area contributed by atoms with E-state index in [1.54, 1.807) is 0 Å². The van der Waals surface area contributed by atoms with Gasteiger partial charge in [0.25, 0.3) is 0 Å². The van der Waals surface area contributed by atoms with Crippen molar-refractivity contribution in [3.8, 4) is 0 Å². The summed E-state index contributed by atoms with van der Waals surface area (Å²) in [4.78, 5) is 2.39. The predicted octanol–water partition coefficient (Wildman–Crippen LogP) is 2.98. The van der Waals surface area contributed by atoms with E-state index in [4.69, 9.17) is 4.74 Å². The van der Waals surface area contributed by atoms with E-state index in [0.29, 0.717) is 6.10 Å². The first-order valence-electron chi connectivity index (χ1n) is 6.96. The monoisotopic (exact) mass is 327 g/mol. The Morgan fingerprint density at radius 3 is 3.11 bits per heavy atom. The quantitative estimate of drug-likeness (QED) is 0.902. The van der Waals surface area contributed by atoms with Crippen molar-refractivity contribution in [2.24, 2.45) is 0 Å². The number of benzene rings is 1. The lowest BCUT2D eigenvalue weighted by atomic mass is 10.1. The van der Waals surface area contributed by atoms with Crippen molar-refractivity contribution < 1.29 is 9.84 Å². The first-order valence-corrected chi connectivity index (χ1v) is 7.76. The Hall–Kier alpha value is -0.420. The van der Waals surface area contributed by atoms with E-state index in [9.17, 15) is 5.11 Å². The SMILES string of the molecule is CCC1CN(CCC(O)c2cccc(Br)c2)CCO1. The third kappa shape index (κ3) is 4.56. The van der Waals surface area contributed by atoms with Gasteiger partial charge in [-0.2, -0.15) is 0 Å². The van der Waals surface area contributed by atoms with Crippen molar-refractivity contribution in [2.75, 3.05) is 26.2 Å². The van der Waals surface area contributed by atoms with Crippen LogP contribution >= 0.6 is 15.9 Å². The number of aliphatic hydroxyl groups is 1. The van der Waals surface area contributed by atoms with Crippen molar-refractivity contribution in [3.63, 3.8) is 0 Å². The van der Waals surface area contributed by atoms with Gasteiger partial charge in [-0.1, -0.05) is 35.0 Å². The molecule has 2 unspecified atom stereocenters. The molecule has 0 amide bonds. The molecular weight excluding hydrogens is 306 g/mol. The number of nitrogens with zero attached hydrogens (tertiary/aromatic N) is 1. The van der Waals surface area contributed by atoms with E-state index in [0.717, 1.165) is 49.1 Å². The molecule has 1 aliphatic heterocycles. The summed E-state index contributed by atoms with van der Waals surface area (Å²) < 4.78 is 6.67. The lowest BCUT2D eigenvalue weighted by Gasteiger charge is -2.32. The second kappa shape index (κ2) is 7.39. The average molecular weight is 328 g/mol. The molecule has 0 aromatic heterocycles. The van der Waals surface area contributed by atoms with Crippen LogP contribution in [0.5, 0.6) is 0 Å². The Bertz CT molecular complexity index is 399. The number of aliphatic hydroxyl groups excluding tert-OH is 1. The molecule has 0 spiro atoms. The summed E-state index contributed by atoms with van der Waals surface area (Å²) in [6.45, 7) is 5.85. The van der Waals surface area contributed by atoms with Crippen LogP contribution in [0.15, 0.2) is 28.7 Å². The van der Waals surface area contributed by atoms with Gasteiger partial charge in [0, 0.05) is 24.1 Å². The van der Waals surface area contributed by atoms with E-state index in [1.165, 1.54) is 0 Å². The fraction of sp³-hybridized carbons (Fsp3) is 0.600. The van der Waals surface area contributed by atoms with Crippen LogP contribution in [0.3, 0.4) is 0 Å². The molecule has 1 aliphatic rings. The molecule has 19 heavy (non-hydrogen) atoms. The van der Waals surface area contributed by atoms with Gasteiger partial charge in [-0.25, -0.2) is 0 Å². The summed E-state index contributed by atoms with van der Waals surface area (Å²) >= 11 is 3.44. The molecule has 2 rings (SSSR count). The minimum atomic E-state index is -0.388. The van der Waals surface area contributed by atoms with Crippen LogP contribution < -0.4 is 0 Å². The van der Waals surface area contributed by atoms with Gasteiger partial charge in [-0.15, -0.1) is 0 Å². The van der Waals surface area contributed by atoms with E-state index in [1.807, 2.05) is 24.3 Å². The van der Waals surface area contributed by atoms with Crippen LogP contribution in [0.1, 0.15) is 31.4 Å². The van der Waals surface area contributed by atoms with Crippen LogP contribution in [0.4, 0.5) is 0 Å². The maximum atomic E-state index is 10.2. The lowest BCUT2D eigenvalue weighted by molar-refractivity contribution is -0.0330. The van der Waals surface area contributed by atoms with Gasteiger partial charge in [0.2, 0.25) is 0 Å². The van der Waals surface area contributed by atoms with Gasteiger partial charge in [0.05, 0.1) is 18.8 Å². The predicted molar refractivity (Wildman–Crippen MR) is 80.2 cm³/mol. The van der Waals surface area contributed by atoms with Crippen molar-refractivity contribution >= 4 is 15.9 Å². The van der Waals surface area contributed by atoms with Crippen molar-refractivity contribution in [1.82, 2.24) is 4.90 Å². The Balaban J connectivity index is 1.81. The second-order valence-corrected chi connectivity index (χ2v) is 5.98. The van der Waals surface area contributed by atoms with Crippen LogP contribution in [0.25, 0.3) is 0 Å². The minimum Gasteiger partial charge on any atom is -0.388 e. The number of rotatable bonds is 5. The fourth-order valence-corrected chi connectivity index (χ4v) is 2.83. The van der Waals surface area contributed by atoms with Gasteiger partial charge in [-0.05, 0) is 30.5 Å². The second-order valence-electron chi connectivity index (χ2n) is 5.06. The molecule has 1 aromatic rings. The summed E-state index contributed by atoms with van der Waals surface area (Å²) in [5.41, 5.74) is 0.981. The van der Waals surface area contributed by atoms with Gasteiger partial charge in [-0.3, -0.25) is 4.90 Å². The molecule has 0 bridgehead atoms. The Morgan fingerprint density at radius 1 is 1.53 bits per heavy atom.